The molecule has 2 nitrogen and oxygen atoms in total. The van der Waals surface area contributed by atoms with Crippen molar-refractivity contribution in [3.8, 4) is 0 Å². The number of carbonyl (C=O) groups excluding carboxylic acids is 1. The van der Waals surface area contributed by atoms with Crippen LogP contribution in [-0.4, -0.2) is 5.91 Å². The highest BCUT2D eigenvalue weighted by molar-refractivity contribution is 5.76. The smallest absolute Gasteiger partial charge is 0.221 e. The molecular weight excluding hydrogens is 246 g/mol. The van der Waals surface area contributed by atoms with E-state index in [9.17, 15) is 4.79 Å². The summed E-state index contributed by atoms with van der Waals surface area (Å²) >= 11 is 0. The first-order valence-corrected chi connectivity index (χ1v) is 7.14. The van der Waals surface area contributed by atoms with E-state index in [1.165, 1.54) is 24.0 Å². The number of unbranched alkanes of at least 4 members (excludes halogenated alkanes) is 1. The van der Waals surface area contributed by atoms with Crippen LogP contribution in [0.2, 0.25) is 0 Å². The fourth-order valence-electron chi connectivity index (χ4n) is 2.33. The lowest BCUT2D eigenvalue weighted by Crippen LogP contribution is -2.13. The van der Waals surface area contributed by atoms with Gasteiger partial charge in [0.15, 0.2) is 0 Å². The molecule has 0 radical (unpaired) electrons. The van der Waals surface area contributed by atoms with Crippen molar-refractivity contribution < 1.29 is 4.79 Å². The number of hydrogen-bond acceptors (Lipinski definition) is 1. The third-order valence-electron chi connectivity index (χ3n) is 3.43. The Hall–Kier alpha value is -2.09. The van der Waals surface area contributed by atoms with E-state index in [-0.39, 0.29) is 5.91 Å². The number of hydrogen-bond donors (Lipinski definition) is 1. The molecule has 0 aliphatic rings. The van der Waals surface area contributed by atoms with Crippen LogP contribution in [0, 0.1) is 0 Å². The van der Waals surface area contributed by atoms with E-state index >= 15 is 0 Å². The van der Waals surface area contributed by atoms with Crippen LogP contribution >= 0.6 is 0 Å². The zero-order valence-corrected chi connectivity index (χ0v) is 11.7. The molecule has 2 aromatic rings. The van der Waals surface area contributed by atoms with Crippen molar-refractivity contribution in [2.75, 3.05) is 0 Å². The molecule has 0 fully saturated rings. The van der Waals surface area contributed by atoms with Gasteiger partial charge in [-0.3, -0.25) is 4.79 Å². The molecule has 0 aromatic heterocycles. The molecule has 2 rings (SSSR count). The Balaban J connectivity index is 1.73. The van der Waals surface area contributed by atoms with E-state index in [0.717, 1.165) is 18.4 Å². The summed E-state index contributed by atoms with van der Waals surface area (Å²) in [6, 6.07) is 18.8. The van der Waals surface area contributed by atoms with Gasteiger partial charge >= 0.3 is 0 Å². The monoisotopic (exact) mass is 267 g/mol. The van der Waals surface area contributed by atoms with Crippen molar-refractivity contribution in [3.05, 3.63) is 71.3 Å². The standard InChI is InChI=1S/C18H21NO/c19-18(20)14-17-12-10-16(11-13-17)9-5-4-8-15-6-2-1-3-7-15/h1-3,6-7,10-13H,4-5,8-9,14H2,(H2,19,20). The Morgan fingerprint density at radius 3 is 1.80 bits per heavy atom. The van der Waals surface area contributed by atoms with Crippen LogP contribution in [0.5, 0.6) is 0 Å². The summed E-state index contributed by atoms with van der Waals surface area (Å²) in [5, 5.41) is 0. The predicted molar refractivity (Wildman–Crippen MR) is 82.4 cm³/mol. The summed E-state index contributed by atoms with van der Waals surface area (Å²) in [4.78, 5) is 10.8. The first-order valence-electron chi connectivity index (χ1n) is 7.14. The average Bonchev–Trinajstić information content (AvgIpc) is 2.46. The Morgan fingerprint density at radius 1 is 0.750 bits per heavy atom. The van der Waals surface area contributed by atoms with Gasteiger partial charge in [0.2, 0.25) is 5.91 Å². The van der Waals surface area contributed by atoms with Gasteiger partial charge in [0.05, 0.1) is 6.42 Å². The minimum atomic E-state index is -0.277. The van der Waals surface area contributed by atoms with Crippen molar-refractivity contribution in [2.24, 2.45) is 5.73 Å². The average molecular weight is 267 g/mol. The number of nitrogens with two attached hydrogens (primary N) is 1. The van der Waals surface area contributed by atoms with E-state index in [0.29, 0.717) is 6.42 Å². The second-order valence-electron chi connectivity index (χ2n) is 5.15. The van der Waals surface area contributed by atoms with Gasteiger partial charge in [-0.15, -0.1) is 0 Å². The van der Waals surface area contributed by atoms with E-state index in [1.54, 1.807) is 0 Å². The van der Waals surface area contributed by atoms with E-state index in [2.05, 4.69) is 42.5 Å². The van der Waals surface area contributed by atoms with Crippen molar-refractivity contribution in [1.82, 2.24) is 0 Å². The maximum Gasteiger partial charge on any atom is 0.221 e. The molecule has 0 unspecified atom stereocenters. The molecule has 2 aromatic carbocycles. The maximum atomic E-state index is 10.8. The van der Waals surface area contributed by atoms with Crippen LogP contribution in [0.1, 0.15) is 29.5 Å². The highest BCUT2D eigenvalue weighted by Crippen LogP contribution is 2.10. The molecular formula is C18H21NO. The first-order chi connectivity index (χ1) is 9.74. The van der Waals surface area contributed by atoms with Crippen LogP contribution in [0.15, 0.2) is 54.6 Å². The van der Waals surface area contributed by atoms with Crippen molar-refractivity contribution >= 4 is 5.91 Å². The van der Waals surface area contributed by atoms with Gasteiger partial charge in [0.1, 0.15) is 0 Å². The lowest BCUT2D eigenvalue weighted by atomic mass is 10.0. The van der Waals surface area contributed by atoms with Crippen LogP contribution in [0.3, 0.4) is 0 Å². The zero-order valence-electron chi connectivity index (χ0n) is 11.7. The van der Waals surface area contributed by atoms with E-state index in [4.69, 9.17) is 5.73 Å². The highest BCUT2D eigenvalue weighted by atomic mass is 16.1. The first kappa shape index (κ1) is 14.3. The van der Waals surface area contributed by atoms with Gasteiger partial charge in [-0.05, 0) is 42.4 Å². The van der Waals surface area contributed by atoms with Gasteiger partial charge in [0, 0.05) is 0 Å². The van der Waals surface area contributed by atoms with Gasteiger partial charge in [0.25, 0.3) is 0 Å². The van der Waals surface area contributed by atoms with Gasteiger partial charge in [-0.2, -0.15) is 0 Å². The second kappa shape index (κ2) is 7.49. The van der Waals surface area contributed by atoms with Crippen LogP contribution in [0.25, 0.3) is 0 Å². The van der Waals surface area contributed by atoms with Gasteiger partial charge in [-0.25, -0.2) is 0 Å². The number of rotatable bonds is 7. The minimum absolute atomic E-state index is 0.277. The quantitative estimate of drug-likeness (QED) is 0.769. The fourth-order valence-corrected chi connectivity index (χ4v) is 2.33. The van der Waals surface area contributed by atoms with Gasteiger partial charge in [-0.1, -0.05) is 54.6 Å². The second-order valence-corrected chi connectivity index (χ2v) is 5.15. The number of primary amides is 1. The summed E-state index contributed by atoms with van der Waals surface area (Å²) in [5.41, 5.74) is 8.90. The van der Waals surface area contributed by atoms with Crippen LogP contribution < -0.4 is 5.73 Å². The minimum Gasteiger partial charge on any atom is -0.369 e. The molecule has 0 saturated carbocycles. The summed E-state index contributed by atoms with van der Waals surface area (Å²) in [6.45, 7) is 0. The van der Waals surface area contributed by atoms with Crippen molar-refractivity contribution in [3.63, 3.8) is 0 Å². The van der Waals surface area contributed by atoms with Crippen molar-refractivity contribution in [2.45, 2.75) is 32.1 Å². The molecule has 0 saturated heterocycles. The molecule has 0 atom stereocenters. The Bertz CT molecular complexity index is 531. The molecule has 0 spiro atoms. The highest BCUT2D eigenvalue weighted by Gasteiger charge is 1.99. The summed E-state index contributed by atoms with van der Waals surface area (Å²) in [7, 11) is 0. The maximum absolute atomic E-state index is 10.8. The summed E-state index contributed by atoms with van der Waals surface area (Å²) in [6.07, 6.45) is 4.94. The molecule has 1 amide bonds. The fraction of sp³-hybridized carbons (Fsp3) is 0.278. The number of aryl methyl sites for hydroxylation is 2. The number of carbonyl (C=O) groups is 1. The molecule has 2 N–H and O–H groups in total. The topological polar surface area (TPSA) is 43.1 Å². The molecule has 0 aliphatic carbocycles. The normalized spacial score (nSPS) is 10.4. The lowest BCUT2D eigenvalue weighted by molar-refractivity contribution is -0.117. The molecule has 0 aliphatic heterocycles. The predicted octanol–water partition coefficient (Wildman–Crippen LogP) is 3.28. The Labute approximate surface area is 120 Å². The largest absolute Gasteiger partial charge is 0.369 e. The third-order valence-corrected chi connectivity index (χ3v) is 3.43. The number of amides is 1. The molecule has 20 heavy (non-hydrogen) atoms. The van der Waals surface area contributed by atoms with Crippen molar-refractivity contribution in [1.29, 1.82) is 0 Å². The summed E-state index contributed by atoms with van der Waals surface area (Å²) < 4.78 is 0. The van der Waals surface area contributed by atoms with E-state index in [1.807, 2.05) is 12.1 Å². The zero-order chi connectivity index (χ0) is 14.2. The Kier molecular flexibility index (Phi) is 5.36. The lowest BCUT2D eigenvalue weighted by Gasteiger charge is -2.04. The van der Waals surface area contributed by atoms with Gasteiger partial charge < -0.3 is 5.73 Å². The molecule has 0 bridgehead atoms. The van der Waals surface area contributed by atoms with E-state index < -0.39 is 0 Å². The third kappa shape index (κ3) is 4.88. The summed E-state index contributed by atoms with van der Waals surface area (Å²) in [5.74, 6) is -0.277. The molecule has 2 heteroatoms. The molecule has 0 heterocycles. The SMILES string of the molecule is NC(=O)Cc1ccc(CCCCc2ccccc2)cc1. The Morgan fingerprint density at radius 2 is 1.25 bits per heavy atom. The van der Waals surface area contributed by atoms with Crippen LogP contribution in [-0.2, 0) is 24.1 Å². The number of benzene rings is 2. The molecule has 104 valence electrons. The van der Waals surface area contributed by atoms with Crippen LogP contribution in [0.4, 0.5) is 0 Å².